The molecule has 4 nitrogen and oxygen atoms in total. The zero-order chi connectivity index (χ0) is 14.0. The molecule has 1 N–H and O–H groups in total. The molecule has 19 heavy (non-hydrogen) atoms. The lowest BCUT2D eigenvalue weighted by Crippen LogP contribution is -2.58. The third-order valence-electron chi connectivity index (χ3n) is 3.27. The molecule has 0 aliphatic carbocycles. The van der Waals surface area contributed by atoms with Crippen LogP contribution in [0.3, 0.4) is 0 Å². The number of ether oxygens (including phenoxy) is 1. The summed E-state index contributed by atoms with van der Waals surface area (Å²) in [6.07, 6.45) is 0. The van der Waals surface area contributed by atoms with Gasteiger partial charge in [-0.2, -0.15) is 0 Å². The molecule has 0 spiro atoms. The molecule has 5 heteroatoms. The van der Waals surface area contributed by atoms with Gasteiger partial charge < -0.3 is 15.0 Å². The minimum atomic E-state index is -0.541. The van der Waals surface area contributed by atoms with Crippen LogP contribution in [0.25, 0.3) is 0 Å². The maximum Gasteiger partial charge on any atom is 0.260 e. The fourth-order valence-corrected chi connectivity index (χ4v) is 2.35. The Kier molecular flexibility index (Phi) is 3.75. The lowest BCUT2D eigenvalue weighted by atomic mass is 10.0. The number of piperazine rings is 1. The van der Waals surface area contributed by atoms with Crippen LogP contribution in [-0.2, 0) is 0 Å². The molecule has 0 saturated carbocycles. The highest BCUT2D eigenvalue weighted by Gasteiger charge is 2.31. The molecule has 0 atom stereocenters. The van der Waals surface area contributed by atoms with Crippen molar-refractivity contribution >= 4 is 5.91 Å². The summed E-state index contributed by atoms with van der Waals surface area (Å²) in [6, 6.07) is 4.42. The van der Waals surface area contributed by atoms with E-state index in [9.17, 15) is 9.18 Å². The zero-order valence-corrected chi connectivity index (χ0v) is 11.5. The number of amides is 1. The summed E-state index contributed by atoms with van der Waals surface area (Å²) in [7, 11) is 1.44. The molecule has 1 aromatic carbocycles. The normalized spacial score (nSPS) is 18.2. The molecule has 2 rings (SSSR count). The van der Waals surface area contributed by atoms with Gasteiger partial charge in [-0.1, -0.05) is 6.07 Å². The molecular formula is C14H19FN2O2. The van der Waals surface area contributed by atoms with Crippen molar-refractivity contribution < 1.29 is 13.9 Å². The molecule has 0 radical (unpaired) electrons. The molecule has 1 aliphatic heterocycles. The smallest absolute Gasteiger partial charge is 0.260 e. The van der Waals surface area contributed by atoms with E-state index in [4.69, 9.17) is 4.74 Å². The van der Waals surface area contributed by atoms with Gasteiger partial charge in [-0.15, -0.1) is 0 Å². The van der Waals surface area contributed by atoms with Crippen LogP contribution in [-0.4, -0.2) is 43.1 Å². The Balaban J connectivity index is 2.29. The number of halogens is 1. The summed E-state index contributed by atoms with van der Waals surface area (Å²) in [5.74, 6) is -0.577. The minimum absolute atomic E-state index is 0.0164. The van der Waals surface area contributed by atoms with Crippen molar-refractivity contribution in [3.8, 4) is 5.75 Å². The highest BCUT2D eigenvalue weighted by atomic mass is 19.1. The second-order valence-electron chi connectivity index (χ2n) is 5.35. The van der Waals surface area contributed by atoms with Gasteiger partial charge in [-0.3, -0.25) is 4.79 Å². The number of carbonyl (C=O) groups excluding carboxylic acids is 1. The predicted molar refractivity (Wildman–Crippen MR) is 70.9 cm³/mol. The molecule has 1 fully saturated rings. The fourth-order valence-electron chi connectivity index (χ4n) is 2.35. The van der Waals surface area contributed by atoms with Crippen LogP contribution in [0.1, 0.15) is 24.2 Å². The first-order chi connectivity index (χ1) is 8.94. The van der Waals surface area contributed by atoms with E-state index in [1.54, 1.807) is 11.0 Å². The summed E-state index contributed by atoms with van der Waals surface area (Å²) in [5.41, 5.74) is -0.144. The Bertz CT molecular complexity index is 488. The molecule has 104 valence electrons. The average Bonchev–Trinajstić information content (AvgIpc) is 2.36. The SMILES string of the molecule is COc1cccc(F)c1C(=O)N1CCNC(C)(C)C1. The number of methoxy groups -OCH3 is 1. The second kappa shape index (κ2) is 5.17. The van der Waals surface area contributed by atoms with Gasteiger partial charge >= 0.3 is 0 Å². The third-order valence-corrected chi connectivity index (χ3v) is 3.27. The maximum atomic E-state index is 13.9. The van der Waals surface area contributed by atoms with Crippen LogP contribution in [0.15, 0.2) is 18.2 Å². The van der Waals surface area contributed by atoms with Crippen LogP contribution in [0, 0.1) is 5.82 Å². The fraction of sp³-hybridized carbons (Fsp3) is 0.500. The van der Waals surface area contributed by atoms with Gasteiger partial charge in [0.15, 0.2) is 0 Å². The molecule has 1 heterocycles. The van der Waals surface area contributed by atoms with Crippen LogP contribution in [0.4, 0.5) is 4.39 Å². The lowest BCUT2D eigenvalue weighted by molar-refractivity contribution is 0.0644. The molecule has 0 bridgehead atoms. The van der Waals surface area contributed by atoms with E-state index in [-0.39, 0.29) is 22.8 Å². The van der Waals surface area contributed by atoms with Gasteiger partial charge in [-0.05, 0) is 26.0 Å². The zero-order valence-electron chi connectivity index (χ0n) is 11.5. The standard InChI is InChI=1S/C14H19FN2O2/c1-14(2)9-17(8-7-16-14)13(18)12-10(15)5-4-6-11(12)19-3/h4-6,16H,7-9H2,1-3H3. The summed E-state index contributed by atoms with van der Waals surface area (Å²) < 4.78 is 19.0. The quantitative estimate of drug-likeness (QED) is 0.885. The molecule has 1 saturated heterocycles. The highest BCUT2D eigenvalue weighted by molar-refractivity contribution is 5.97. The van der Waals surface area contributed by atoms with Crippen molar-refractivity contribution in [2.24, 2.45) is 0 Å². The molecule has 1 amide bonds. The first kappa shape index (κ1) is 13.8. The van der Waals surface area contributed by atoms with E-state index in [0.29, 0.717) is 19.6 Å². The van der Waals surface area contributed by atoms with Crippen LogP contribution in [0.2, 0.25) is 0 Å². The maximum absolute atomic E-state index is 13.9. The van der Waals surface area contributed by atoms with Crippen molar-refractivity contribution in [3.05, 3.63) is 29.6 Å². The third kappa shape index (κ3) is 2.87. The van der Waals surface area contributed by atoms with Gasteiger partial charge in [-0.25, -0.2) is 4.39 Å². The number of benzene rings is 1. The largest absolute Gasteiger partial charge is 0.496 e. The first-order valence-electron chi connectivity index (χ1n) is 6.31. The van der Waals surface area contributed by atoms with Gasteiger partial charge in [0.2, 0.25) is 0 Å². The second-order valence-corrected chi connectivity index (χ2v) is 5.35. The van der Waals surface area contributed by atoms with E-state index >= 15 is 0 Å². The van der Waals surface area contributed by atoms with Gasteiger partial charge in [0, 0.05) is 25.2 Å². The monoisotopic (exact) mass is 266 g/mol. The number of nitrogens with one attached hydrogen (secondary N) is 1. The van der Waals surface area contributed by atoms with E-state index < -0.39 is 5.82 Å². The van der Waals surface area contributed by atoms with E-state index in [1.165, 1.54) is 19.2 Å². The number of rotatable bonds is 2. The summed E-state index contributed by atoms with van der Waals surface area (Å²) in [5, 5.41) is 3.32. The van der Waals surface area contributed by atoms with Gasteiger partial charge in [0.25, 0.3) is 5.91 Å². The summed E-state index contributed by atoms with van der Waals surface area (Å²) >= 11 is 0. The van der Waals surface area contributed by atoms with Crippen molar-refractivity contribution in [2.45, 2.75) is 19.4 Å². The first-order valence-corrected chi connectivity index (χ1v) is 6.31. The minimum Gasteiger partial charge on any atom is -0.496 e. The molecule has 0 aromatic heterocycles. The Morgan fingerprint density at radius 3 is 2.84 bits per heavy atom. The van der Waals surface area contributed by atoms with Crippen molar-refractivity contribution in [1.29, 1.82) is 0 Å². The molecular weight excluding hydrogens is 247 g/mol. The number of carbonyl (C=O) groups is 1. The summed E-state index contributed by atoms with van der Waals surface area (Å²) in [4.78, 5) is 14.1. The lowest BCUT2D eigenvalue weighted by Gasteiger charge is -2.39. The number of hydrogen-bond acceptors (Lipinski definition) is 3. The van der Waals surface area contributed by atoms with Crippen LogP contribution < -0.4 is 10.1 Å². The van der Waals surface area contributed by atoms with Crippen LogP contribution in [0.5, 0.6) is 5.75 Å². The number of hydrogen-bond donors (Lipinski definition) is 1. The van der Waals surface area contributed by atoms with Gasteiger partial charge in [0.1, 0.15) is 17.1 Å². The average molecular weight is 266 g/mol. The van der Waals surface area contributed by atoms with Crippen molar-refractivity contribution in [3.63, 3.8) is 0 Å². The Labute approximate surface area is 112 Å². The molecule has 1 aromatic rings. The number of nitrogens with zero attached hydrogens (tertiary/aromatic N) is 1. The van der Waals surface area contributed by atoms with Crippen LogP contribution >= 0.6 is 0 Å². The molecule has 0 unspecified atom stereocenters. The van der Waals surface area contributed by atoms with Crippen molar-refractivity contribution in [1.82, 2.24) is 10.2 Å². The Morgan fingerprint density at radius 2 is 2.21 bits per heavy atom. The topological polar surface area (TPSA) is 41.6 Å². The van der Waals surface area contributed by atoms with Crippen molar-refractivity contribution in [2.75, 3.05) is 26.7 Å². The predicted octanol–water partition coefficient (Wildman–Crippen LogP) is 1.66. The summed E-state index contributed by atoms with van der Waals surface area (Å²) in [6.45, 7) is 5.86. The molecule has 1 aliphatic rings. The van der Waals surface area contributed by atoms with Gasteiger partial charge in [0.05, 0.1) is 7.11 Å². The van der Waals surface area contributed by atoms with E-state index in [1.807, 2.05) is 13.8 Å². The Hall–Kier alpha value is -1.62. The highest BCUT2D eigenvalue weighted by Crippen LogP contribution is 2.24. The van der Waals surface area contributed by atoms with E-state index in [2.05, 4.69) is 5.32 Å². The Morgan fingerprint density at radius 1 is 1.47 bits per heavy atom. The van der Waals surface area contributed by atoms with E-state index in [0.717, 1.165) is 0 Å².